The van der Waals surface area contributed by atoms with Gasteiger partial charge in [0.1, 0.15) is 0 Å². The zero-order chi connectivity index (χ0) is 9.61. The van der Waals surface area contributed by atoms with Gasteiger partial charge in [-0.05, 0) is 0 Å². The summed E-state index contributed by atoms with van der Waals surface area (Å²) in [5, 5.41) is 0. The summed E-state index contributed by atoms with van der Waals surface area (Å²) in [4.78, 5) is 3.03. The maximum absolute atomic E-state index is 9.75. The van der Waals surface area contributed by atoms with E-state index in [2.05, 4.69) is 4.98 Å². The quantitative estimate of drug-likeness (QED) is 0.429. The van der Waals surface area contributed by atoms with Crippen LogP contribution >= 0.6 is 0 Å². The highest BCUT2D eigenvalue weighted by molar-refractivity contribution is 6.50. The van der Waals surface area contributed by atoms with Gasteiger partial charge in [-0.1, -0.05) is 6.07 Å². The van der Waals surface area contributed by atoms with Gasteiger partial charge in [0.05, 0.1) is 0 Å². The van der Waals surface area contributed by atoms with Crippen LogP contribution in [0, 0.1) is 6.92 Å². The van der Waals surface area contributed by atoms with E-state index in [9.17, 15) is 17.3 Å². The largest absolute Gasteiger partial charge is 0.673 e. The second-order valence-electron chi connectivity index (χ2n) is 2.04. The molecule has 0 aliphatic rings. The minimum Gasteiger partial charge on any atom is -0.418 e. The van der Waals surface area contributed by atoms with Crippen molar-refractivity contribution >= 4 is 7.25 Å². The molecule has 6 heteroatoms. The zero-order valence-electron chi connectivity index (χ0n) is 6.40. The molecule has 0 saturated heterocycles. The van der Waals surface area contributed by atoms with Crippen molar-refractivity contribution in [2.24, 2.45) is 0 Å². The molecular weight excluding hydrogens is 173 g/mol. The van der Waals surface area contributed by atoms with Crippen molar-refractivity contribution in [2.45, 2.75) is 6.92 Å². The molecular formula is C6H8BF4N. The summed E-state index contributed by atoms with van der Waals surface area (Å²) in [5.74, 6) is 0. The van der Waals surface area contributed by atoms with Gasteiger partial charge >= 0.3 is 7.25 Å². The van der Waals surface area contributed by atoms with Crippen molar-refractivity contribution in [1.82, 2.24) is 0 Å². The Hall–Kier alpha value is -1.07. The van der Waals surface area contributed by atoms with Crippen LogP contribution in [0.2, 0.25) is 0 Å². The molecule has 0 bridgehead atoms. The number of aromatic amines is 1. The van der Waals surface area contributed by atoms with Crippen molar-refractivity contribution in [3.63, 3.8) is 0 Å². The first-order chi connectivity index (χ1) is 5.39. The van der Waals surface area contributed by atoms with Gasteiger partial charge in [-0.15, -0.1) is 0 Å². The fourth-order valence-corrected chi connectivity index (χ4v) is 0.483. The second-order valence-corrected chi connectivity index (χ2v) is 2.04. The number of hydrogen-bond donors (Lipinski definition) is 0. The third-order valence-electron chi connectivity index (χ3n) is 0.865. The molecule has 1 aromatic rings. The molecule has 1 N–H and O–H groups in total. The third-order valence-corrected chi connectivity index (χ3v) is 0.865. The molecule has 12 heavy (non-hydrogen) atoms. The van der Waals surface area contributed by atoms with E-state index in [0.717, 1.165) is 0 Å². The number of halogens is 4. The smallest absolute Gasteiger partial charge is 0.418 e. The van der Waals surface area contributed by atoms with E-state index in [-0.39, 0.29) is 0 Å². The summed E-state index contributed by atoms with van der Waals surface area (Å²) in [6.45, 7) is 2.03. The molecule has 0 atom stereocenters. The predicted octanol–water partition coefficient (Wildman–Crippen LogP) is 2.11. The molecule has 0 saturated carbocycles. The number of aryl methyl sites for hydroxylation is 1. The summed E-state index contributed by atoms with van der Waals surface area (Å²) >= 11 is 0. The average Bonchev–Trinajstić information content (AvgIpc) is 1.85. The number of rotatable bonds is 0. The van der Waals surface area contributed by atoms with Crippen molar-refractivity contribution in [2.75, 3.05) is 0 Å². The summed E-state index contributed by atoms with van der Waals surface area (Å²) in [6.07, 6.45) is 1.91. The van der Waals surface area contributed by atoms with Gasteiger partial charge in [-0.2, -0.15) is 0 Å². The van der Waals surface area contributed by atoms with Gasteiger partial charge in [0.25, 0.3) is 0 Å². The fraction of sp³-hybridized carbons (Fsp3) is 0.167. The van der Waals surface area contributed by atoms with E-state index >= 15 is 0 Å². The SMILES string of the molecule is Cc1cccc[nH+]1.F[B-](F)(F)F. The van der Waals surface area contributed by atoms with Gasteiger partial charge < -0.3 is 17.3 Å². The Morgan fingerprint density at radius 2 is 1.67 bits per heavy atom. The molecule has 1 aromatic heterocycles. The van der Waals surface area contributed by atoms with Crippen LogP contribution in [0.25, 0.3) is 0 Å². The van der Waals surface area contributed by atoms with Crippen LogP contribution in [0.15, 0.2) is 24.4 Å². The Labute approximate surface area is 67.5 Å². The van der Waals surface area contributed by atoms with Crippen molar-refractivity contribution in [3.05, 3.63) is 30.1 Å². The van der Waals surface area contributed by atoms with Crippen LogP contribution in [0.3, 0.4) is 0 Å². The van der Waals surface area contributed by atoms with E-state index in [0.29, 0.717) is 0 Å². The highest BCUT2D eigenvalue weighted by Gasteiger charge is 2.20. The molecule has 0 fully saturated rings. The number of pyridine rings is 1. The molecule has 1 nitrogen and oxygen atoms in total. The van der Waals surface area contributed by atoms with E-state index in [1.54, 1.807) is 0 Å². The molecule has 0 aliphatic carbocycles. The Kier molecular flexibility index (Phi) is 4.32. The molecule has 0 amide bonds. The van der Waals surface area contributed by atoms with Crippen molar-refractivity contribution in [1.29, 1.82) is 0 Å². The van der Waals surface area contributed by atoms with E-state index in [1.807, 2.05) is 31.3 Å². The Morgan fingerprint density at radius 3 is 1.83 bits per heavy atom. The molecule has 0 aliphatic heterocycles. The van der Waals surface area contributed by atoms with Crippen LogP contribution in [0.4, 0.5) is 17.3 Å². The molecule has 1 rings (SSSR count). The Bertz CT molecular complexity index is 205. The van der Waals surface area contributed by atoms with Gasteiger partial charge in [-0.25, -0.2) is 4.98 Å². The topological polar surface area (TPSA) is 14.1 Å². The Morgan fingerprint density at radius 1 is 1.17 bits per heavy atom. The predicted molar refractivity (Wildman–Crippen MR) is 37.9 cm³/mol. The van der Waals surface area contributed by atoms with E-state index in [4.69, 9.17) is 0 Å². The highest BCUT2D eigenvalue weighted by atomic mass is 19.5. The Balaban J connectivity index is 0.000000217. The van der Waals surface area contributed by atoms with Crippen LogP contribution in [0.5, 0.6) is 0 Å². The zero-order valence-corrected chi connectivity index (χ0v) is 6.40. The van der Waals surface area contributed by atoms with Crippen LogP contribution in [0.1, 0.15) is 5.69 Å². The first-order valence-electron chi connectivity index (χ1n) is 3.20. The summed E-state index contributed by atoms with van der Waals surface area (Å²) in [6, 6.07) is 6.00. The average molecular weight is 181 g/mol. The van der Waals surface area contributed by atoms with Gasteiger partial charge in [-0.3, -0.25) is 0 Å². The standard InChI is InChI=1S/C6H7N.BF4/c1-6-4-2-3-5-7-6;2-1(3,4)5/h2-5H,1H3;/q;-1/p+1. The highest BCUT2D eigenvalue weighted by Crippen LogP contribution is 2.06. The lowest BCUT2D eigenvalue weighted by Crippen LogP contribution is -2.02. The third kappa shape index (κ3) is 11.7. The molecule has 0 unspecified atom stereocenters. The monoisotopic (exact) mass is 181 g/mol. The van der Waals surface area contributed by atoms with Gasteiger partial charge in [0.15, 0.2) is 11.9 Å². The maximum Gasteiger partial charge on any atom is 0.673 e. The van der Waals surface area contributed by atoms with E-state index < -0.39 is 7.25 Å². The molecule has 0 aromatic carbocycles. The first-order valence-corrected chi connectivity index (χ1v) is 3.20. The number of hydrogen-bond acceptors (Lipinski definition) is 0. The summed E-state index contributed by atoms with van der Waals surface area (Å²) < 4.78 is 39.0. The number of aromatic nitrogens is 1. The fourth-order valence-electron chi connectivity index (χ4n) is 0.483. The van der Waals surface area contributed by atoms with Crippen molar-refractivity contribution < 1.29 is 22.2 Å². The molecule has 0 spiro atoms. The summed E-state index contributed by atoms with van der Waals surface area (Å²) in [7, 11) is -6.00. The minimum absolute atomic E-state index is 1.20. The number of H-pyrrole nitrogens is 1. The normalized spacial score (nSPS) is 10.1. The maximum atomic E-state index is 9.75. The van der Waals surface area contributed by atoms with Crippen molar-refractivity contribution in [3.8, 4) is 0 Å². The van der Waals surface area contributed by atoms with Gasteiger partial charge in [0.2, 0.25) is 0 Å². The van der Waals surface area contributed by atoms with Crippen LogP contribution in [-0.2, 0) is 0 Å². The minimum atomic E-state index is -6.00. The summed E-state index contributed by atoms with van der Waals surface area (Å²) in [5.41, 5.74) is 1.20. The molecule has 1 heterocycles. The van der Waals surface area contributed by atoms with E-state index in [1.165, 1.54) is 5.69 Å². The lowest BCUT2D eigenvalue weighted by molar-refractivity contribution is -0.387. The lowest BCUT2D eigenvalue weighted by atomic mass is 10.3. The lowest BCUT2D eigenvalue weighted by Gasteiger charge is -1.94. The number of nitrogens with one attached hydrogen (secondary N) is 1. The molecule has 0 radical (unpaired) electrons. The van der Waals surface area contributed by atoms with Crippen LogP contribution < -0.4 is 4.98 Å². The van der Waals surface area contributed by atoms with Crippen LogP contribution in [-0.4, -0.2) is 7.25 Å². The second kappa shape index (κ2) is 4.74. The first kappa shape index (κ1) is 10.9. The molecule has 68 valence electrons. The van der Waals surface area contributed by atoms with Gasteiger partial charge in [0, 0.05) is 19.1 Å².